The lowest BCUT2D eigenvalue weighted by Gasteiger charge is -2.32. The zero-order valence-corrected chi connectivity index (χ0v) is 17.5. The first-order valence-electron chi connectivity index (χ1n) is 10.3. The van der Waals surface area contributed by atoms with E-state index in [4.69, 9.17) is 16.3 Å². The fourth-order valence-electron chi connectivity index (χ4n) is 3.74. The highest BCUT2D eigenvalue weighted by molar-refractivity contribution is 6.30. The molecule has 1 amide bonds. The van der Waals surface area contributed by atoms with Crippen LogP contribution in [0.25, 0.3) is 0 Å². The molecule has 4 nitrogen and oxygen atoms in total. The number of benzene rings is 3. The summed E-state index contributed by atoms with van der Waals surface area (Å²) >= 11 is 5.97. The van der Waals surface area contributed by atoms with Gasteiger partial charge >= 0.3 is 0 Å². The molecule has 0 aromatic heterocycles. The Kier molecular flexibility index (Phi) is 6.67. The lowest BCUT2D eigenvalue weighted by Crippen LogP contribution is -2.40. The Bertz CT molecular complexity index is 959. The van der Waals surface area contributed by atoms with Gasteiger partial charge in [-0.1, -0.05) is 41.9 Å². The molecule has 0 saturated carbocycles. The normalized spacial score (nSPS) is 16.8. The number of ether oxygens (including phenoxy) is 1. The number of carbonyl (C=O) groups is 1. The average molecular weight is 421 g/mol. The third-order valence-corrected chi connectivity index (χ3v) is 5.55. The lowest BCUT2D eigenvalue weighted by atomic mass is 9.96. The quantitative estimate of drug-likeness (QED) is 0.533. The van der Waals surface area contributed by atoms with Gasteiger partial charge in [-0.2, -0.15) is 0 Å². The van der Waals surface area contributed by atoms with Gasteiger partial charge in [0.1, 0.15) is 11.5 Å². The highest BCUT2D eigenvalue weighted by Gasteiger charge is 2.25. The Morgan fingerprint density at radius 2 is 1.67 bits per heavy atom. The predicted octanol–water partition coefficient (Wildman–Crippen LogP) is 5.98. The van der Waals surface area contributed by atoms with Gasteiger partial charge in [-0.3, -0.25) is 9.69 Å². The van der Waals surface area contributed by atoms with Crippen LogP contribution in [-0.2, 0) is 11.3 Å². The van der Waals surface area contributed by atoms with E-state index < -0.39 is 0 Å². The molecule has 0 bridgehead atoms. The van der Waals surface area contributed by atoms with Crippen molar-refractivity contribution in [3.8, 4) is 11.5 Å². The van der Waals surface area contributed by atoms with E-state index in [1.54, 1.807) is 0 Å². The first kappa shape index (κ1) is 20.5. The summed E-state index contributed by atoms with van der Waals surface area (Å²) in [6.45, 7) is 2.62. The van der Waals surface area contributed by atoms with Crippen molar-refractivity contribution in [2.75, 3.05) is 18.4 Å². The van der Waals surface area contributed by atoms with Crippen LogP contribution in [0.4, 0.5) is 5.69 Å². The minimum Gasteiger partial charge on any atom is -0.457 e. The van der Waals surface area contributed by atoms with E-state index in [2.05, 4.69) is 10.2 Å². The number of amides is 1. The second kappa shape index (κ2) is 9.79. The van der Waals surface area contributed by atoms with Crippen LogP contribution in [0, 0.1) is 5.92 Å². The molecule has 154 valence electrons. The number of anilines is 1. The first-order chi connectivity index (χ1) is 14.7. The second-order valence-corrected chi connectivity index (χ2v) is 8.07. The van der Waals surface area contributed by atoms with Gasteiger partial charge in [0.15, 0.2) is 0 Å². The van der Waals surface area contributed by atoms with Gasteiger partial charge < -0.3 is 10.1 Å². The molecule has 1 N–H and O–H groups in total. The minimum absolute atomic E-state index is 0.00806. The summed E-state index contributed by atoms with van der Waals surface area (Å²) < 4.78 is 5.81. The second-order valence-electron chi connectivity index (χ2n) is 7.63. The smallest absolute Gasteiger partial charge is 0.228 e. The van der Waals surface area contributed by atoms with Gasteiger partial charge in [-0.15, -0.1) is 0 Å². The number of hydrogen-bond acceptors (Lipinski definition) is 3. The maximum absolute atomic E-state index is 12.8. The summed E-state index contributed by atoms with van der Waals surface area (Å²) in [6.07, 6.45) is 1.94. The number of carbonyl (C=O) groups excluding carboxylic acids is 1. The van der Waals surface area contributed by atoms with Crippen molar-refractivity contribution in [2.24, 2.45) is 5.92 Å². The molecule has 4 rings (SSSR count). The van der Waals surface area contributed by atoms with Crippen molar-refractivity contribution in [1.29, 1.82) is 0 Å². The zero-order chi connectivity index (χ0) is 20.8. The summed E-state index contributed by atoms with van der Waals surface area (Å²) in [5.41, 5.74) is 2.00. The zero-order valence-electron chi connectivity index (χ0n) is 16.8. The number of rotatable bonds is 6. The molecule has 1 atom stereocenters. The lowest BCUT2D eigenvalue weighted by molar-refractivity contribution is -0.121. The number of halogens is 1. The fraction of sp³-hybridized carbons (Fsp3) is 0.240. The van der Waals surface area contributed by atoms with Crippen LogP contribution in [0.15, 0.2) is 78.9 Å². The Morgan fingerprint density at radius 1 is 0.967 bits per heavy atom. The first-order valence-corrected chi connectivity index (χ1v) is 10.6. The van der Waals surface area contributed by atoms with Crippen LogP contribution in [-0.4, -0.2) is 23.9 Å². The maximum atomic E-state index is 12.8. The number of likely N-dealkylation sites (tertiary alicyclic amines) is 1. The molecular formula is C25H25ClN2O2. The Balaban J connectivity index is 1.31. The van der Waals surface area contributed by atoms with E-state index in [1.165, 1.54) is 5.56 Å². The summed E-state index contributed by atoms with van der Waals surface area (Å²) in [6, 6.07) is 25.1. The van der Waals surface area contributed by atoms with Crippen LogP contribution < -0.4 is 10.1 Å². The van der Waals surface area contributed by atoms with E-state index in [-0.39, 0.29) is 11.8 Å². The largest absolute Gasteiger partial charge is 0.457 e. The van der Waals surface area contributed by atoms with Crippen LogP contribution >= 0.6 is 11.6 Å². The van der Waals surface area contributed by atoms with Crippen molar-refractivity contribution >= 4 is 23.2 Å². The van der Waals surface area contributed by atoms with Crippen molar-refractivity contribution in [3.05, 3.63) is 89.4 Å². The fourth-order valence-corrected chi connectivity index (χ4v) is 3.86. The molecular weight excluding hydrogens is 396 g/mol. The third-order valence-electron chi connectivity index (χ3n) is 5.30. The number of nitrogens with one attached hydrogen (secondary N) is 1. The Labute approximate surface area is 182 Å². The Morgan fingerprint density at radius 3 is 2.40 bits per heavy atom. The molecule has 3 aromatic rings. The molecule has 30 heavy (non-hydrogen) atoms. The average Bonchev–Trinajstić information content (AvgIpc) is 2.78. The van der Waals surface area contributed by atoms with Crippen molar-refractivity contribution in [2.45, 2.75) is 19.4 Å². The van der Waals surface area contributed by atoms with E-state index in [9.17, 15) is 4.79 Å². The third kappa shape index (κ3) is 5.62. The number of para-hydroxylation sites is 1. The molecule has 5 heteroatoms. The van der Waals surface area contributed by atoms with Crippen molar-refractivity contribution < 1.29 is 9.53 Å². The molecule has 1 unspecified atom stereocenters. The number of nitrogens with zero attached hydrogens (tertiary/aromatic N) is 1. The van der Waals surface area contributed by atoms with Crippen LogP contribution in [0.3, 0.4) is 0 Å². The van der Waals surface area contributed by atoms with Crippen LogP contribution in [0.1, 0.15) is 18.4 Å². The standard InChI is InChI=1S/C25H25ClN2O2/c26-21-10-8-19(9-11-21)17-28-16-4-5-20(18-28)25(29)27-22-12-14-24(15-13-22)30-23-6-2-1-3-7-23/h1-3,6-15,20H,4-5,16-18H2,(H,27,29). The molecule has 1 heterocycles. The highest BCUT2D eigenvalue weighted by Crippen LogP contribution is 2.24. The molecule has 3 aromatic carbocycles. The van der Waals surface area contributed by atoms with Gasteiger partial charge in [0.25, 0.3) is 0 Å². The Hall–Kier alpha value is -2.82. The van der Waals surface area contributed by atoms with Crippen LogP contribution in [0.2, 0.25) is 5.02 Å². The molecule has 1 fully saturated rings. The van der Waals surface area contributed by atoms with E-state index >= 15 is 0 Å². The van der Waals surface area contributed by atoms with E-state index in [0.29, 0.717) is 0 Å². The molecule has 1 aliphatic heterocycles. The molecule has 1 aliphatic rings. The van der Waals surface area contributed by atoms with Crippen molar-refractivity contribution in [3.63, 3.8) is 0 Å². The summed E-state index contributed by atoms with van der Waals surface area (Å²) in [4.78, 5) is 15.1. The monoisotopic (exact) mass is 420 g/mol. The number of hydrogen-bond donors (Lipinski definition) is 1. The summed E-state index contributed by atoms with van der Waals surface area (Å²) in [5, 5.41) is 3.80. The molecule has 0 aliphatic carbocycles. The predicted molar refractivity (Wildman–Crippen MR) is 121 cm³/mol. The maximum Gasteiger partial charge on any atom is 0.228 e. The van der Waals surface area contributed by atoms with Gasteiger partial charge in [-0.05, 0) is 73.5 Å². The summed E-state index contributed by atoms with van der Waals surface area (Å²) in [5.74, 6) is 1.60. The van der Waals surface area contributed by atoms with E-state index in [1.807, 2.05) is 78.9 Å². The summed E-state index contributed by atoms with van der Waals surface area (Å²) in [7, 11) is 0. The van der Waals surface area contributed by atoms with E-state index in [0.717, 1.165) is 54.7 Å². The topological polar surface area (TPSA) is 41.6 Å². The van der Waals surface area contributed by atoms with Gasteiger partial charge in [-0.25, -0.2) is 0 Å². The van der Waals surface area contributed by atoms with Gasteiger partial charge in [0.2, 0.25) is 5.91 Å². The highest BCUT2D eigenvalue weighted by atomic mass is 35.5. The van der Waals surface area contributed by atoms with Gasteiger partial charge in [0, 0.05) is 23.8 Å². The van der Waals surface area contributed by atoms with Crippen LogP contribution in [0.5, 0.6) is 11.5 Å². The SMILES string of the molecule is O=C(Nc1ccc(Oc2ccccc2)cc1)C1CCCN(Cc2ccc(Cl)cc2)C1. The van der Waals surface area contributed by atoms with Gasteiger partial charge in [0.05, 0.1) is 5.92 Å². The molecule has 0 radical (unpaired) electrons. The molecule has 1 saturated heterocycles. The minimum atomic E-state index is -0.00806. The van der Waals surface area contributed by atoms with Crippen molar-refractivity contribution in [1.82, 2.24) is 4.90 Å². The molecule has 0 spiro atoms. The number of piperidine rings is 1.